The number of aliphatic hydroxyl groups is 1. The lowest BCUT2D eigenvalue weighted by Crippen LogP contribution is -2.22. The molecule has 1 aromatic carbocycles. The van der Waals surface area contributed by atoms with Gasteiger partial charge >= 0.3 is 7.60 Å². The fourth-order valence-corrected chi connectivity index (χ4v) is 6.18. The molecule has 6 nitrogen and oxygen atoms in total. The molecule has 0 saturated heterocycles. The lowest BCUT2D eigenvalue weighted by atomic mass is 9.98. The van der Waals surface area contributed by atoms with Crippen molar-refractivity contribution < 1.29 is 28.2 Å². The largest absolute Gasteiger partial charge is 0.497 e. The minimum Gasteiger partial charge on any atom is -0.497 e. The van der Waals surface area contributed by atoms with Gasteiger partial charge in [0, 0.05) is 5.56 Å². The summed E-state index contributed by atoms with van der Waals surface area (Å²) in [4.78, 5) is 0. The van der Waals surface area contributed by atoms with Crippen molar-refractivity contribution in [3.8, 4) is 11.5 Å². The van der Waals surface area contributed by atoms with E-state index in [1.54, 1.807) is 25.3 Å². The third-order valence-electron chi connectivity index (χ3n) is 5.71. The smallest absolute Gasteiger partial charge is 0.364 e. The van der Waals surface area contributed by atoms with Crippen molar-refractivity contribution in [2.45, 2.75) is 82.3 Å². The van der Waals surface area contributed by atoms with E-state index in [4.69, 9.17) is 18.5 Å². The van der Waals surface area contributed by atoms with Gasteiger partial charge < -0.3 is 23.6 Å². The summed E-state index contributed by atoms with van der Waals surface area (Å²) in [6, 6.07) is 5.08. The average molecular weight is 412 g/mol. The fraction of sp³-hybridized carbons (Fsp3) is 0.714. The molecule has 158 valence electrons. The molecule has 1 atom stereocenters. The first-order chi connectivity index (χ1) is 13.6. The number of rotatable bonds is 8. The average Bonchev–Trinajstić information content (AvgIpc) is 2.74. The first kappa shape index (κ1) is 21.6. The molecule has 0 unspecified atom stereocenters. The molecule has 0 amide bonds. The zero-order chi connectivity index (χ0) is 20.0. The molecule has 3 rings (SSSR count). The van der Waals surface area contributed by atoms with Crippen LogP contribution >= 0.6 is 7.60 Å². The Labute approximate surface area is 168 Å². The highest BCUT2D eigenvalue weighted by molar-refractivity contribution is 7.54. The molecule has 7 heteroatoms. The van der Waals surface area contributed by atoms with E-state index >= 15 is 0 Å². The maximum absolute atomic E-state index is 13.9. The summed E-state index contributed by atoms with van der Waals surface area (Å²) in [7, 11) is -0.749. The fourth-order valence-electron chi connectivity index (χ4n) is 4.11. The van der Waals surface area contributed by atoms with Gasteiger partial charge in [0.1, 0.15) is 11.5 Å². The molecule has 2 aliphatic rings. The zero-order valence-electron chi connectivity index (χ0n) is 17.0. The first-order valence-corrected chi connectivity index (χ1v) is 12.0. The summed E-state index contributed by atoms with van der Waals surface area (Å²) >= 11 is 0. The van der Waals surface area contributed by atoms with E-state index in [-0.39, 0.29) is 12.2 Å². The van der Waals surface area contributed by atoms with E-state index in [2.05, 4.69) is 0 Å². The summed E-state index contributed by atoms with van der Waals surface area (Å²) in [6.45, 7) is 0. The topological polar surface area (TPSA) is 74.2 Å². The highest BCUT2D eigenvalue weighted by Gasteiger charge is 2.42. The number of aliphatic hydroxyl groups excluding tert-OH is 1. The standard InChI is InChI=1S/C21H33O6P/c1-24-18-13-14-20(25-2)19(15-18)21(22)28(23,26-16-9-5-3-6-10-16)27-17-11-7-4-8-12-17/h13-17,21-22H,3-12H2,1-2H3/t21-/m0/s1. The van der Waals surface area contributed by atoms with Gasteiger partial charge in [0.15, 0.2) is 5.85 Å². The molecule has 0 aromatic heterocycles. The summed E-state index contributed by atoms with van der Waals surface area (Å²) in [6.07, 6.45) is 9.63. The molecular weight excluding hydrogens is 379 g/mol. The van der Waals surface area contributed by atoms with Gasteiger partial charge in [-0.2, -0.15) is 0 Å². The SMILES string of the molecule is COc1ccc(OC)c([C@@H](O)P(=O)(OC2CCCCC2)OC2CCCCC2)c1. The zero-order valence-corrected chi connectivity index (χ0v) is 17.9. The summed E-state index contributed by atoms with van der Waals surface area (Å²) < 4.78 is 36.7. The molecule has 2 aliphatic carbocycles. The molecule has 1 aromatic rings. The van der Waals surface area contributed by atoms with Crippen molar-refractivity contribution >= 4 is 7.60 Å². The van der Waals surface area contributed by atoms with Crippen molar-refractivity contribution in [2.24, 2.45) is 0 Å². The molecule has 0 bridgehead atoms. The highest BCUT2D eigenvalue weighted by Crippen LogP contribution is 2.64. The van der Waals surface area contributed by atoms with Crippen LogP contribution < -0.4 is 9.47 Å². The van der Waals surface area contributed by atoms with Crippen molar-refractivity contribution in [3.63, 3.8) is 0 Å². The number of methoxy groups -OCH3 is 2. The van der Waals surface area contributed by atoms with Gasteiger partial charge in [0.25, 0.3) is 0 Å². The van der Waals surface area contributed by atoms with Crippen molar-refractivity contribution in [3.05, 3.63) is 23.8 Å². The Kier molecular flexibility index (Phi) is 7.81. The number of ether oxygens (including phenoxy) is 2. The van der Waals surface area contributed by atoms with Gasteiger partial charge in [-0.3, -0.25) is 4.57 Å². The highest BCUT2D eigenvalue weighted by atomic mass is 31.2. The Morgan fingerprint density at radius 2 is 1.43 bits per heavy atom. The molecule has 0 radical (unpaired) electrons. The maximum atomic E-state index is 13.9. The molecule has 0 heterocycles. The van der Waals surface area contributed by atoms with E-state index in [9.17, 15) is 9.67 Å². The Balaban J connectivity index is 1.88. The van der Waals surface area contributed by atoms with Gasteiger partial charge in [0.2, 0.25) is 0 Å². The van der Waals surface area contributed by atoms with Crippen LogP contribution in [0, 0.1) is 0 Å². The Morgan fingerprint density at radius 1 is 0.893 bits per heavy atom. The second kappa shape index (κ2) is 10.1. The second-order valence-electron chi connectivity index (χ2n) is 7.75. The van der Waals surface area contributed by atoms with Crippen LogP contribution in [0.25, 0.3) is 0 Å². The predicted octanol–water partition coefficient (Wildman–Crippen LogP) is 5.59. The Bertz CT molecular complexity index is 643. The maximum Gasteiger partial charge on any atom is 0.364 e. The molecule has 1 N–H and O–H groups in total. The lowest BCUT2D eigenvalue weighted by molar-refractivity contribution is 0.0540. The van der Waals surface area contributed by atoms with Crippen molar-refractivity contribution in [1.29, 1.82) is 0 Å². The number of hydrogen-bond acceptors (Lipinski definition) is 6. The van der Waals surface area contributed by atoms with Crippen LogP contribution in [0.5, 0.6) is 11.5 Å². The van der Waals surface area contributed by atoms with Crippen LogP contribution in [0.4, 0.5) is 0 Å². The van der Waals surface area contributed by atoms with Crippen LogP contribution in [-0.2, 0) is 13.6 Å². The molecule has 0 aliphatic heterocycles. The van der Waals surface area contributed by atoms with Gasteiger partial charge in [-0.15, -0.1) is 0 Å². The van der Waals surface area contributed by atoms with Crippen LogP contribution in [0.3, 0.4) is 0 Å². The molecule has 0 spiro atoms. The Hall–Kier alpha value is -1.07. The summed E-state index contributed by atoms with van der Waals surface area (Å²) in [5, 5.41) is 11.2. The third-order valence-corrected chi connectivity index (χ3v) is 7.77. The van der Waals surface area contributed by atoms with Gasteiger partial charge in [0.05, 0.1) is 26.4 Å². The monoisotopic (exact) mass is 412 g/mol. The van der Waals surface area contributed by atoms with E-state index in [1.807, 2.05) is 0 Å². The predicted molar refractivity (Wildman–Crippen MR) is 108 cm³/mol. The molecule has 2 saturated carbocycles. The second-order valence-corrected chi connectivity index (χ2v) is 9.74. The minimum absolute atomic E-state index is 0.144. The van der Waals surface area contributed by atoms with E-state index < -0.39 is 13.4 Å². The molecular formula is C21H33O6P. The summed E-state index contributed by atoms with van der Waals surface area (Å²) in [5.41, 5.74) is 0.372. The third kappa shape index (κ3) is 5.29. The van der Waals surface area contributed by atoms with E-state index in [1.165, 1.54) is 20.0 Å². The lowest BCUT2D eigenvalue weighted by Gasteiger charge is -2.33. The van der Waals surface area contributed by atoms with E-state index in [0.717, 1.165) is 51.4 Å². The normalized spacial score (nSPS) is 20.7. The molecule has 2 fully saturated rings. The minimum atomic E-state index is -3.82. The van der Waals surface area contributed by atoms with E-state index in [0.29, 0.717) is 17.1 Å². The van der Waals surface area contributed by atoms with Crippen molar-refractivity contribution in [2.75, 3.05) is 14.2 Å². The summed E-state index contributed by atoms with van der Waals surface area (Å²) in [5.74, 6) is -0.425. The number of hydrogen-bond donors (Lipinski definition) is 1. The number of benzene rings is 1. The Morgan fingerprint density at radius 3 is 1.89 bits per heavy atom. The van der Waals surface area contributed by atoms with Crippen LogP contribution in [-0.4, -0.2) is 31.5 Å². The molecule has 28 heavy (non-hydrogen) atoms. The van der Waals surface area contributed by atoms with Crippen molar-refractivity contribution in [1.82, 2.24) is 0 Å². The van der Waals surface area contributed by atoms with Gasteiger partial charge in [-0.25, -0.2) is 0 Å². The van der Waals surface area contributed by atoms with Crippen LogP contribution in [0.1, 0.15) is 75.6 Å². The quantitative estimate of drug-likeness (QED) is 0.561. The van der Waals surface area contributed by atoms with Crippen LogP contribution in [0.15, 0.2) is 18.2 Å². The first-order valence-electron chi connectivity index (χ1n) is 10.4. The van der Waals surface area contributed by atoms with Gasteiger partial charge in [-0.05, 0) is 43.9 Å². The van der Waals surface area contributed by atoms with Crippen LogP contribution in [0.2, 0.25) is 0 Å². The van der Waals surface area contributed by atoms with Gasteiger partial charge in [-0.1, -0.05) is 38.5 Å².